The number of Topliss-reactive ketones (excluding diaryl/α,β-unsaturated/α-hetero) is 1. The fraction of sp³-hybridized carbons (Fsp3) is 0.267. The van der Waals surface area contributed by atoms with Gasteiger partial charge in [0.15, 0.2) is 5.78 Å². The third-order valence-corrected chi connectivity index (χ3v) is 3.83. The van der Waals surface area contributed by atoms with Crippen molar-refractivity contribution in [1.29, 1.82) is 0 Å². The van der Waals surface area contributed by atoms with Crippen LogP contribution in [-0.2, 0) is 14.1 Å². The first kappa shape index (κ1) is 16.8. The highest BCUT2D eigenvalue weighted by Crippen LogP contribution is 2.16. The standard InChI is InChI=1S/C15H17ClN4O3/c1-8(18-10-6-4-9(16)5-7-10)12(21)11-13(17)19(2)15(23)20(3)14(11)22/h4-8,18H,17H2,1-3H3/t8-/m0/s1. The van der Waals surface area contributed by atoms with Gasteiger partial charge < -0.3 is 11.1 Å². The Morgan fingerprint density at radius 1 is 1.17 bits per heavy atom. The number of halogens is 1. The van der Waals surface area contributed by atoms with Crippen molar-refractivity contribution in [3.63, 3.8) is 0 Å². The maximum Gasteiger partial charge on any atom is 0.332 e. The van der Waals surface area contributed by atoms with E-state index in [0.717, 1.165) is 9.13 Å². The minimum Gasteiger partial charge on any atom is -0.384 e. The van der Waals surface area contributed by atoms with Crippen molar-refractivity contribution in [3.8, 4) is 0 Å². The van der Waals surface area contributed by atoms with Crippen LogP contribution in [0.2, 0.25) is 5.02 Å². The van der Waals surface area contributed by atoms with Crippen molar-refractivity contribution >= 4 is 28.9 Å². The molecule has 0 saturated heterocycles. The number of hydrogen-bond donors (Lipinski definition) is 2. The molecule has 0 aliphatic carbocycles. The largest absolute Gasteiger partial charge is 0.384 e. The minimum absolute atomic E-state index is 0.146. The molecular weight excluding hydrogens is 320 g/mol. The molecule has 23 heavy (non-hydrogen) atoms. The maximum absolute atomic E-state index is 12.6. The molecule has 1 aromatic heterocycles. The molecule has 0 saturated carbocycles. The molecule has 0 aliphatic rings. The van der Waals surface area contributed by atoms with E-state index in [1.165, 1.54) is 14.1 Å². The van der Waals surface area contributed by atoms with Crippen LogP contribution in [0.3, 0.4) is 0 Å². The first-order chi connectivity index (χ1) is 10.7. The second kappa shape index (κ2) is 6.29. The summed E-state index contributed by atoms with van der Waals surface area (Å²) in [7, 11) is 2.71. The number of carbonyl (C=O) groups excluding carboxylic acids is 1. The van der Waals surface area contributed by atoms with Gasteiger partial charge in [0.25, 0.3) is 5.56 Å². The number of nitrogens with one attached hydrogen (secondary N) is 1. The van der Waals surface area contributed by atoms with Crippen LogP contribution in [0.1, 0.15) is 17.3 Å². The smallest absolute Gasteiger partial charge is 0.332 e. The molecule has 0 amide bonds. The van der Waals surface area contributed by atoms with Crippen molar-refractivity contribution in [3.05, 3.63) is 55.7 Å². The summed E-state index contributed by atoms with van der Waals surface area (Å²) in [6.45, 7) is 1.61. The summed E-state index contributed by atoms with van der Waals surface area (Å²) in [4.78, 5) is 36.6. The Bertz CT molecular complexity index is 868. The van der Waals surface area contributed by atoms with Crippen LogP contribution in [0.25, 0.3) is 0 Å². The van der Waals surface area contributed by atoms with E-state index in [1.54, 1.807) is 31.2 Å². The van der Waals surface area contributed by atoms with Gasteiger partial charge in [0.2, 0.25) is 0 Å². The van der Waals surface area contributed by atoms with Crippen molar-refractivity contribution < 1.29 is 4.79 Å². The highest BCUT2D eigenvalue weighted by atomic mass is 35.5. The van der Waals surface area contributed by atoms with Crippen LogP contribution in [-0.4, -0.2) is 21.0 Å². The molecule has 1 aromatic carbocycles. The van der Waals surface area contributed by atoms with E-state index in [-0.39, 0.29) is 11.4 Å². The van der Waals surface area contributed by atoms with Gasteiger partial charge in [-0.2, -0.15) is 0 Å². The SMILES string of the molecule is C[C@H](Nc1ccc(Cl)cc1)C(=O)c1c(N)n(C)c(=O)n(C)c1=O. The summed E-state index contributed by atoms with van der Waals surface area (Å²) in [5, 5.41) is 3.55. The number of anilines is 2. The Morgan fingerprint density at radius 3 is 2.30 bits per heavy atom. The van der Waals surface area contributed by atoms with Gasteiger partial charge in [0, 0.05) is 24.8 Å². The number of nitrogens with two attached hydrogens (primary N) is 1. The first-order valence-corrected chi connectivity index (χ1v) is 7.23. The molecule has 3 N–H and O–H groups in total. The Balaban J connectivity index is 2.39. The van der Waals surface area contributed by atoms with E-state index in [0.29, 0.717) is 10.7 Å². The number of aromatic nitrogens is 2. The predicted octanol–water partition coefficient (Wildman–Crippen LogP) is 1.00. The number of rotatable bonds is 4. The molecule has 8 heteroatoms. The summed E-state index contributed by atoms with van der Waals surface area (Å²) >= 11 is 5.81. The Kier molecular flexibility index (Phi) is 4.60. The van der Waals surface area contributed by atoms with Crippen LogP contribution >= 0.6 is 11.6 Å². The zero-order valence-corrected chi connectivity index (χ0v) is 13.7. The molecule has 0 spiro atoms. The van der Waals surface area contributed by atoms with Crippen LogP contribution < -0.4 is 22.3 Å². The molecule has 0 aliphatic heterocycles. The molecule has 2 rings (SSSR count). The van der Waals surface area contributed by atoms with E-state index >= 15 is 0 Å². The van der Waals surface area contributed by atoms with Gasteiger partial charge in [-0.3, -0.25) is 18.7 Å². The number of ketones is 1. The van der Waals surface area contributed by atoms with E-state index in [1.807, 2.05) is 0 Å². The molecule has 0 radical (unpaired) electrons. The zero-order valence-electron chi connectivity index (χ0n) is 13.0. The lowest BCUT2D eigenvalue weighted by Gasteiger charge is -2.16. The van der Waals surface area contributed by atoms with Crippen LogP contribution in [0.4, 0.5) is 11.5 Å². The monoisotopic (exact) mass is 336 g/mol. The van der Waals surface area contributed by atoms with E-state index in [2.05, 4.69) is 5.32 Å². The summed E-state index contributed by atoms with van der Waals surface area (Å²) < 4.78 is 1.93. The summed E-state index contributed by atoms with van der Waals surface area (Å²) in [5.74, 6) is -0.637. The lowest BCUT2D eigenvalue weighted by atomic mass is 10.1. The Labute approximate surface area is 137 Å². The highest BCUT2D eigenvalue weighted by molar-refractivity contribution is 6.30. The quantitative estimate of drug-likeness (QED) is 0.812. The van der Waals surface area contributed by atoms with Gasteiger partial charge >= 0.3 is 5.69 Å². The molecule has 0 bridgehead atoms. The third kappa shape index (κ3) is 3.14. The molecule has 2 aromatic rings. The molecular formula is C15H17ClN4O3. The number of benzene rings is 1. The van der Waals surface area contributed by atoms with Crippen LogP contribution in [0.5, 0.6) is 0 Å². The van der Waals surface area contributed by atoms with E-state index in [9.17, 15) is 14.4 Å². The van der Waals surface area contributed by atoms with Crippen molar-refractivity contribution in [2.24, 2.45) is 14.1 Å². The molecule has 1 heterocycles. The lowest BCUT2D eigenvalue weighted by Crippen LogP contribution is -2.43. The highest BCUT2D eigenvalue weighted by Gasteiger charge is 2.24. The number of nitrogen functional groups attached to an aromatic ring is 1. The molecule has 1 atom stereocenters. The van der Waals surface area contributed by atoms with Crippen LogP contribution in [0.15, 0.2) is 33.9 Å². The van der Waals surface area contributed by atoms with Gasteiger partial charge in [-0.15, -0.1) is 0 Å². The predicted molar refractivity (Wildman–Crippen MR) is 90.2 cm³/mol. The topological polar surface area (TPSA) is 99.1 Å². The lowest BCUT2D eigenvalue weighted by molar-refractivity contribution is 0.0973. The fourth-order valence-electron chi connectivity index (χ4n) is 2.17. The van der Waals surface area contributed by atoms with Crippen molar-refractivity contribution in [1.82, 2.24) is 9.13 Å². The Hall–Kier alpha value is -2.54. The maximum atomic E-state index is 12.6. The number of nitrogens with zero attached hydrogens (tertiary/aromatic N) is 2. The minimum atomic E-state index is -0.708. The van der Waals surface area contributed by atoms with Crippen molar-refractivity contribution in [2.75, 3.05) is 11.1 Å². The van der Waals surface area contributed by atoms with Crippen LogP contribution in [0, 0.1) is 0 Å². The van der Waals surface area contributed by atoms with Gasteiger partial charge in [-0.25, -0.2) is 4.79 Å². The van der Waals surface area contributed by atoms with Gasteiger partial charge in [-0.1, -0.05) is 11.6 Å². The third-order valence-electron chi connectivity index (χ3n) is 3.58. The molecule has 7 nitrogen and oxygen atoms in total. The Morgan fingerprint density at radius 2 is 1.74 bits per heavy atom. The second-order valence-electron chi connectivity index (χ2n) is 5.20. The fourth-order valence-corrected chi connectivity index (χ4v) is 2.30. The van der Waals surface area contributed by atoms with E-state index in [4.69, 9.17) is 17.3 Å². The van der Waals surface area contributed by atoms with E-state index < -0.39 is 23.1 Å². The van der Waals surface area contributed by atoms with Gasteiger partial charge in [0.05, 0.1) is 6.04 Å². The first-order valence-electron chi connectivity index (χ1n) is 6.85. The number of hydrogen-bond acceptors (Lipinski definition) is 5. The zero-order chi connectivity index (χ0) is 17.3. The van der Waals surface area contributed by atoms with Gasteiger partial charge in [-0.05, 0) is 31.2 Å². The summed E-state index contributed by atoms with van der Waals surface area (Å²) in [6.07, 6.45) is 0. The molecule has 0 unspecified atom stereocenters. The summed E-state index contributed by atoms with van der Waals surface area (Å²) in [6, 6.07) is 6.09. The van der Waals surface area contributed by atoms with Crippen molar-refractivity contribution in [2.45, 2.75) is 13.0 Å². The molecule has 122 valence electrons. The number of carbonyl (C=O) groups is 1. The second-order valence-corrected chi connectivity index (χ2v) is 5.64. The molecule has 0 fully saturated rings. The van der Waals surface area contributed by atoms with Gasteiger partial charge in [0.1, 0.15) is 11.4 Å². The normalized spacial score (nSPS) is 12.0. The average molecular weight is 337 g/mol. The average Bonchev–Trinajstić information content (AvgIpc) is 2.53. The summed E-state index contributed by atoms with van der Waals surface area (Å²) in [5.41, 5.74) is 4.97.